The molecule has 1 aliphatic rings. The minimum absolute atomic E-state index is 0.00691. The van der Waals surface area contributed by atoms with Crippen molar-refractivity contribution < 1.29 is 28.3 Å². The van der Waals surface area contributed by atoms with Gasteiger partial charge in [-0.1, -0.05) is 18.2 Å². The second-order valence-corrected chi connectivity index (χ2v) is 9.61. The molecule has 10 nitrogen and oxygen atoms in total. The number of hydrogen-bond acceptors (Lipinski definition) is 8. The average Bonchev–Trinajstić information content (AvgIpc) is 3.11. The van der Waals surface area contributed by atoms with Gasteiger partial charge in [0.05, 0.1) is 8.96 Å². The second kappa shape index (κ2) is 11.6. The summed E-state index contributed by atoms with van der Waals surface area (Å²) in [5.41, 5.74) is -0.451. The van der Waals surface area contributed by atoms with Crippen molar-refractivity contribution in [2.75, 3.05) is 19.0 Å². The molecule has 0 saturated carbocycles. The van der Waals surface area contributed by atoms with Crippen molar-refractivity contribution in [1.82, 2.24) is 14.2 Å². The van der Waals surface area contributed by atoms with E-state index in [4.69, 9.17) is 14.0 Å². The van der Waals surface area contributed by atoms with E-state index < -0.39 is 42.5 Å². The average molecular weight is 511 g/mol. The number of rotatable bonds is 10. The van der Waals surface area contributed by atoms with Gasteiger partial charge in [-0.25, -0.2) is 9.18 Å². The van der Waals surface area contributed by atoms with Gasteiger partial charge >= 0.3 is 5.69 Å². The Bertz CT molecular complexity index is 1040. The quantitative estimate of drug-likeness (QED) is 0.469. The molecule has 5 atom stereocenters. The van der Waals surface area contributed by atoms with Crippen LogP contribution in [0.25, 0.3) is 0 Å². The molecule has 2 N–H and O–H groups in total. The van der Waals surface area contributed by atoms with Gasteiger partial charge in [0.1, 0.15) is 12.4 Å². The molecule has 1 aliphatic heterocycles. The Balaban J connectivity index is 1.81. The monoisotopic (exact) mass is 510 g/mol. The molecule has 2 aromatic rings. The third kappa shape index (κ3) is 5.94. The van der Waals surface area contributed by atoms with E-state index in [-0.39, 0.29) is 26.9 Å². The van der Waals surface area contributed by atoms with E-state index in [0.717, 1.165) is 4.57 Å². The summed E-state index contributed by atoms with van der Waals surface area (Å²) >= 11 is 0. The molecule has 1 fully saturated rings. The predicted octanol–water partition coefficient (Wildman–Crippen LogP) is 2.71. The van der Waals surface area contributed by atoms with Gasteiger partial charge < -0.3 is 24.4 Å². The molecular weight excluding hydrogens is 478 g/mol. The summed E-state index contributed by atoms with van der Waals surface area (Å²) in [4.78, 5) is 28.9. The standard InChI is InChI=1S/C23H32FN4O6P/c1-14(2)28(15(3)4)35-34-19-18(24)21(33-23(19,13-29)32-5)27-12-11-17(26-22(27)31)25-20(30)16-9-7-6-8-10-16/h6-12,14-15,18-19,21,29,35H,13H2,1-5H3,(H,25,26,30,31)/t18-,19?,21+,23+/m0/s1. The second-order valence-electron chi connectivity index (χ2n) is 8.67. The van der Waals surface area contributed by atoms with E-state index in [1.54, 1.807) is 30.3 Å². The number of aliphatic hydroxyl groups is 1. The number of halogens is 1. The van der Waals surface area contributed by atoms with Crippen LogP contribution in [0.2, 0.25) is 0 Å². The number of benzene rings is 1. The van der Waals surface area contributed by atoms with Gasteiger partial charge in [0.15, 0.2) is 18.5 Å². The highest BCUT2D eigenvalue weighted by Gasteiger charge is 2.58. The molecule has 35 heavy (non-hydrogen) atoms. The smallest absolute Gasteiger partial charge is 0.351 e. The van der Waals surface area contributed by atoms with Crippen molar-refractivity contribution in [1.29, 1.82) is 0 Å². The number of hydrogen-bond donors (Lipinski definition) is 2. The minimum atomic E-state index is -1.85. The molecule has 0 radical (unpaired) electrons. The highest BCUT2D eigenvalue weighted by molar-refractivity contribution is 7.29. The van der Waals surface area contributed by atoms with Crippen LogP contribution in [0.3, 0.4) is 0 Å². The molecule has 1 aromatic heterocycles. The zero-order chi connectivity index (χ0) is 25.8. The zero-order valence-corrected chi connectivity index (χ0v) is 21.3. The number of methoxy groups -OCH3 is 1. The van der Waals surface area contributed by atoms with Crippen LogP contribution in [-0.4, -0.2) is 69.1 Å². The lowest BCUT2D eigenvalue weighted by Gasteiger charge is -2.34. The predicted molar refractivity (Wildman–Crippen MR) is 130 cm³/mol. The Labute approximate surface area is 205 Å². The maximum atomic E-state index is 15.7. The first kappa shape index (κ1) is 27.3. The number of anilines is 1. The number of amides is 1. The van der Waals surface area contributed by atoms with Crippen molar-refractivity contribution in [2.45, 2.75) is 64.1 Å². The van der Waals surface area contributed by atoms with Crippen molar-refractivity contribution >= 4 is 20.7 Å². The fourth-order valence-corrected chi connectivity index (χ4v) is 4.79. The van der Waals surface area contributed by atoms with Crippen molar-refractivity contribution in [2.24, 2.45) is 0 Å². The molecule has 0 aliphatic carbocycles. The Morgan fingerprint density at radius 1 is 1.29 bits per heavy atom. The van der Waals surface area contributed by atoms with Crippen LogP contribution in [0.1, 0.15) is 44.3 Å². The number of nitrogens with one attached hydrogen (secondary N) is 1. The number of carbonyl (C=O) groups excluding carboxylic acids is 1. The number of aliphatic hydroxyl groups excluding tert-OH is 1. The summed E-state index contributed by atoms with van der Waals surface area (Å²) in [5, 5.41) is 12.6. The largest absolute Gasteiger partial charge is 0.391 e. The van der Waals surface area contributed by atoms with Crippen LogP contribution in [-0.2, 0) is 14.0 Å². The van der Waals surface area contributed by atoms with Gasteiger partial charge in [0.2, 0.25) is 5.79 Å². The Morgan fingerprint density at radius 3 is 2.49 bits per heavy atom. The van der Waals surface area contributed by atoms with Gasteiger partial charge in [0, 0.05) is 31.0 Å². The van der Waals surface area contributed by atoms with Crippen LogP contribution in [0.5, 0.6) is 0 Å². The topological polar surface area (TPSA) is 115 Å². The summed E-state index contributed by atoms with van der Waals surface area (Å²) in [5.74, 6) is -2.24. The number of nitrogens with zero attached hydrogens (tertiary/aromatic N) is 3. The van der Waals surface area contributed by atoms with E-state index in [1.807, 2.05) is 32.4 Å². The summed E-state index contributed by atoms with van der Waals surface area (Å²) in [6.45, 7) is 7.30. The Morgan fingerprint density at radius 2 is 1.94 bits per heavy atom. The molecule has 12 heteroatoms. The van der Waals surface area contributed by atoms with Crippen molar-refractivity contribution in [3.05, 3.63) is 58.6 Å². The van der Waals surface area contributed by atoms with E-state index >= 15 is 4.39 Å². The van der Waals surface area contributed by atoms with E-state index in [2.05, 4.69) is 10.3 Å². The summed E-state index contributed by atoms with van der Waals surface area (Å²) in [7, 11) is 1.05. The Hall–Kier alpha value is -2.27. The molecule has 192 valence electrons. The highest BCUT2D eigenvalue weighted by atomic mass is 31.1. The summed E-state index contributed by atoms with van der Waals surface area (Å²) in [6, 6.07) is 10.1. The lowest BCUT2D eigenvalue weighted by atomic mass is 10.1. The third-order valence-electron chi connectivity index (χ3n) is 5.66. The molecule has 3 rings (SSSR count). The van der Waals surface area contributed by atoms with E-state index in [0.29, 0.717) is 5.56 Å². The molecule has 1 amide bonds. The van der Waals surface area contributed by atoms with Crippen molar-refractivity contribution in [3.8, 4) is 0 Å². The van der Waals surface area contributed by atoms with Crippen LogP contribution in [0.4, 0.5) is 10.2 Å². The molecule has 0 spiro atoms. The first-order chi connectivity index (χ1) is 16.6. The van der Waals surface area contributed by atoms with E-state index in [1.165, 1.54) is 19.4 Å². The number of alkyl halides is 1. The van der Waals surface area contributed by atoms with Crippen LogP contribution < -0.4 is 11.0 Å². The van der Waals surface area contributed by atoms with Gasteiger partial charge in [-0.2, -0.15) is 4.98 Å². The lowest BCUT2D eigenvalue weighted by Crippen LogP contribution is -2.48. The molecule has 1 aromatic carbocycles. The first-order valence-electron chi connectivity index (χ1n) is 11.3. The van der Waals surface area contributed by atoms with Gasteiger partial charge in [-0.3, -0.25) is 14.0 Å². The normalized spacial score (nSPS) is 24.8. The lowest BCUT2D eigenvalue weighted by molar-refractivity contribution is -0.265. The fraction of sp³-hybridized carbons (Fsp3) is 0.522. The first-order valence-corrected chi connectivity index (χ1v) is 12.1. The number of carbonyl (C=O) groups is 1. The highest BCUT2D eigenvalue weighted by Crippen LogP contribution is 2.44. The minimum Gasteiger partial charge on any atom is -0.391 e. The maximum absolute atomic E-state index is 15.7. The van der Waals surface area contributed by atoms with Gasteiger partial charge in [0.25, 0.3) is 5.91 Å². The Kier molecular flexibility index (Phi) is 9.09. The zero-order valence-electron chi connectivity index (χ0n) is 20.3. The molecule has 2 unspecified atom stereocenters. The van der Waals surface area contributed by atoms with Crippen LogP contribution >= 0.6 is 8.96 Å². The number of aromatic nitrogens is 2. The van der Waals surface area contributed by atoms with Crippen LogP contribution in [0, 0.1) is 0 Å². The maximum Gasteiger partial charge on any atom is 0.351 e. The molecule has 1 saturated heterocycles. The summed E-state index contributed by atoms with van der Waals surface area (Å²) in [6.07, 6.45) is -3.34. The van der Waals surface area contributed by atoms with E-state index in [9.17, 15) is 14.7 Å². The third-order valence-corrected chi connectivity index (χ3v) is 7.26. The number of ether oxygens (including phenoxy) is 2. The molecule has 2 heterocycles. The van der Waals surface area contributed by atoms with Gasteiger partial charge in [-0.05, 0) is 45.9 Å². The summed E-state index contributed by atoms with van der Waals surface area (Å²) < 4.78 is 35.6. The van der Waals surface area contributed by atoms with Crippen LogP contribution in [0.15, 0.2) is 47.4 Å². The fourth-order valence-electron chi connectivity index (χ4n) is 3.83. The van der Waals surface area contributed by atoms with Gasteiger partial charge in [-0.15, -0.1) is 0 Å². The molecular formula is C23H32FN4O6P. The SMILES string of the molecule is CO[C@]1(CO)O[C@@H](n2ccc(NC(=O)c3ccccc3)nc2=O)[C@@H](F)C1OPN(C(C)C)C(C)C. The van der Waals surface area contributed by atoms with Crippen molar-refractivity contribution in [3.63, 3.8) is 0 Å². The molecule has 0 bridgehead atoms.